The van der Waals surface area contributed by atoms with Crippen LogP contribution in [0.15, 0.2) is 11.6 Å². The van der Waals surface area contributed by atoms with Crippen molar-refractivity contribution >= 4 is 17.2 Å². The van der Waals surface area contributed by atoms with Crippen LogP contribution in [0, 0.1) is 5.82 Å². The summed E-state index contributed by atoms with van der Waals surface area (Å²) in [5, 5.41) is 3.29. The fourth-order valence-electron chi connectivity index (χ4n) is 3.82. The minimum atomic E-state index is -0.555. The fraction of sp³-hybridized carbons (Fsp3) is 0.500. The number of hydrogen-bond donors (Lipinski definition) is 2. The van der Waals surface area contributed by atoms with Crippen molar-refractivity contribution in [3.63, 3.8) is 0 Å². The predicted molar refractivity (Wildman–Crippen MR) is 91.2 cm³/mol. The van der Waals surface area contributed by atoms with Gasteiger partial charge in [-0.3, -0.25) is 4.79 Å². The monoisotopic (exact) mass is 317 g/mol. The Labute approximate surface area is 136 Å². The molecule has 1 heterocycles. The van der Waals surface area contributed by atoms with Gasteiger partial charge in [0, 0.05) is 30.3 Å². The van der Waals surface area contributed by atoms with E-state index < -0.39 is 5.91 Å². The van der Waals surface area contributed by atoms with E-state index in [1.165, 1.54) is 11.6 Å². The van der Waals surface area contributed by atoms with Crippen molar-refractivity contribution in [3.8, 4) is 0 Å². The van der Waals surface area contributed by atoms with E-state index in [0.717, 1.165) is 42.6 Å². The van der Waals surface area contributed by atoms with Gasteiger partial charge in [0.2, 0.25) is 5.91 Å². The number of anilines is 1. The highest BCUT2D eigenvalue weighted by atomic mass is 19.1. The van der Waals surface area contributed by atoms with Gasteiger partial charge in [0.1, 0.15) is 5.82 Å². The van der Waals surface area contributed by atoms with Gasteiger partial charge in [-0.1, -0.05) is 5.57 Å². The number of fused-ring (bicyclic) bond motifs is 1. The zero-order chi connectivity index (χ0) is 16.7. The van der Waals surface area contributed by atoms with Crippen LogP contribution in [0.2, 0.25) is 0 Å². The number of likely N-dealkylation sites (N-methyl/N-ethyl adjacent to an activating group) is 1. The number of allylic oxidation sites excluding steroid dienone is 2. The summed E-state index contributed by atoms with van der Waals surface area (Å²) in [6.07, 6.45) is 2.80. The van der Waals surface area contributed by atoms with E-state index in [2.05, 4.69) is 10.2 Å². The first kappa shape index (κ1) is 16.0. The van der Waals surface area contributed by atoms with Gasteiger partial charge in [-0.2, -0.15) is 0 Å². The Hall–Kier alpha value is -1.88. The molecule has 0 radical (unpaired) electrons. The van der Waals surface area contributed by atoms with Crippen LogP contribution in [0.4, 0.5) is 10.1 Å². The Balaban J connectivity index is 2.14. The van der Waals surface area contributed by atoms with Crippen LogP contribution in [-0.4, -0.2) is 32.1 Å². The topological polar surface area (TPSA) is 58.4 Å². The van der Waals surface area contributed by atoms with Crippen molar-refractivity contribution in [1.82, 2.24) is 5.32 Å². The first-order valence-electron chi connectivity index (χ1n) is 8.18. The number of nitrogens with zero attached hydrogens (tertiary/aromatic N) is 1. The van der Waals surface area contributed by atoms with Crippen LogP contribution < -0.4 is 16.0 Å². The van der Waals surface area contributed by atoms with E-state index in [4.69, 9.17) is 5.73 Å². The predicted octanol–water partition coefficient (Wildman–Crippen LogP) is 2.46. The summed E-state index contributed by atoms with van der Waals surface area (Å²) in [5.74, 6) is -0.899. The van der Waals surface area contributed by atoms with Gasteiger partial charge in [-0.05, 0) is 57.4 Å². The van der Waals surface area contributed by atoms with Gasteiger partial charge in [0.15, 0.2) is 0 Å². The lowest BCUT2D eigenvalue weighted by Crippen LogP contribution is -2.45. The smallest absolute Gasteiger partial charge is 0.249 e. The lowest BCUT2D eigenvalue weighted by molar-refractivity contribution is 0.0999. The second-order valence-electron chi connectivity index (χ2n) is 6.63. The molecule has 4 nitrogen and oxygen atoms in total. The van der Waals surface area contributed by atoms with Crippen molar-refractivity contribution in [1.29, 1.82) is 0 Å². The molecule has 3 rings (SSSR count). The number of primary amides is 1. The zero-order valence-electron chi connectivity index (χ0n) is 14.0. The quantitative estimate of drug-likeness (QED) is 0.900. The van der Waals surface area contributed by atoms with Crippen molar-refractivity contribution in [2.24, 2.45) is 5.73 Å². The molecule has 0 spiro atoms. The molecule has 0 saturated carbocycles. The number of piperidine rings is 1. The largest absolute Gasteiger partial charge is 0.367 e. The Kier molecular flexibility index (Phi) is 4.15. The van der Waals surface area contributed by atoms with Gasteiger partial charge in [0.05, 0.1) is 5.69 Å². The van der Waals surface area contributed by atoms with Gasteiger partial charge in [0.25, 0.3) is 0 Å². The average molecular weight is 317 g/mol. The van der Waals surface area contributed by atoms with Crippen LogP contribution >= 0.6 is 0 Å². The molecular formula is C18H24FN3O. The summed E-state index contributed by atoms with van der Waals surface area (Å²) in [7, 11) is 1.94. The van der Waals surface area contributed by atoms with E-state index in [9.17, 15) is 9.18 Å². The Morgan fingerprint density at radius 1 is 1.43 bits per heavy atom. The van der Waals surface area contributed by atoms with E-state index in [1.54, 1.807) is 0 Å². The third-order valence-electron chi connectivity index (χ3n) is 5.23. The molecule has 1 saturated heterocycles. The van der Waals surface area contributed by atoms with Crippen molar-refractivity contribution in [2.45, 2.75) is 39.2 Å². The average Bonchev–Trinajstić information content (AvgIpc) is 2.82. The zero-order valence-corrected chi connectivity index (χ0v) is 14.0. The van der Waals surface area contributed by atoms with Crippen LogP contribution in [0.1, 0.15) is 48.2 Å². The number of benzene rings is 1. The molecule has 1 fully saturated rings. The highest BCUT2D eigenvalue weighted by Gasteiger charge is 2.31. The first-order valence-corrected chi connectivity index (χ1v) is 8.18. The molecule has 0 bridgehead atoms. The minimum absolute atomic E-state index is 0.319. The molecule has 124 valence electrons. The van der Waals surface area contributed by atoms with E-state index in [-0.39, 0.29) is 5.82 Å². The van der Waals surface area contributed by atoms with E-state index in [0.29, 0.717) is 23.7 Å². The molecule has 1 aliphatic carbocycles. The number of carbonyl (C=O) groups excluding carboxylic acids is 1. The number of hydrogen-bond acceptors (Lipinski definition) is 3. The SMILES string of the molecule is CN[C@H]1CCCN(c2c(F)cc(C(N)=O)c3c2C(C)=C(C)C3)C1. The molecule has 1 amide bonds. The number of rotatable bonds is 3. The minimum Gasteiger partial charge on any atom is -0.367 e. The van der Waals surface area contributed by atoms with Crippen LogP contribution in [0.5, 0.6) is 0 Å². The molecule has 1 aromatic rings. The molecule has 3 N–H and O–H groups in total. The molecule has 5 heteroatoms. The van der Waals surface area contributed by atoms with Crippen LogP contribution in [0.3, 0.4) is 0 Å². The van der Waals surface area contributed by atoms with Gasteiger partial charge in [-0.25, -0.2) is 4.39 Å². The maximum Gasteiger partial charge on any atom is 0.249 e. The molecule has 2 aliphatic rings. The molecule has 1 aliphatic heterocycles. The lowest BCUT2D eigenvalue weighted by atomic mass is 9.95. The molecule has 23 heavy (non-hydrogen) atoms. The van der Waals surface area contributed by atoms with Gasteiger partial charge < -0.3 is 16.0 Å². The summed E-state index contributed by atoms with van der Waals surface area (Å²) in [6.45, 7) is 5.66. The van der Waals surface area contributed by atoms with Crippen molar-refractivity contribution in [2.75, 3.05) is 25.0 Å². The Morgan fingerprint density at radius 2 is 2.17 bits per heavy atom. The summed E-state index contributed by atoms with van der Waals surface area (Å²) in [5.41, 5.74) is 10.4. The maximum absolute atomic E-state index is 14.9. The number of carbonyl (C=O) groups is 1. The third kappa shape index (κ3) is 2.63. The van der Waals surface area contributed by atoms with Crippen molar-refractivity contribution < 1.29 is 9.18 Å². The van der Waals surface area contributed by atoms with Crippen molar-refractivity contribution in [3.05, 3.63) is 34.1 Å². The first-order chi connectivity index (χ1) is 10.9. The van der Waals surface area contributed by atoms with Crippen LogP contribution in [0.25, 0.3) is 5.57 Å². The van der Waals surface area contributed by atoms with Gasteiger partial charge in [-0.15, -0.1) is 0 Å². The normalized spacial score (nSPS) is 20.9. The van der Waals surface area contributed by atoms with Crippen LogP contribution in [-0.2, 0) is 6.42 Å². The van der Waals surface area contributed by atoms with E-state index >= 15 is 0 Å². The summed E-state index contributed by atoms with van der Waals surface area (Å²) in [6, 6.07) is 1.69. The van der Waals surface area contributed by atoms with E-state index in [1.807, 2.05) is 20.9 Å². The summed E-state index contributed by atoms with van der Waals surface area (Å²) < 4.78 is 14.9. The summed E-state index contributed by atoms with van der Waals surface area (Å²) in [4.78, 5) is 13.8. The standard InChI is InChI=1S/C18H24FN3O/c1-10-7-13-14(18(20)23)8-15(19)17(16(13)11(10)2)22-6-4-5-12(9-22)21-3/h8,12,21H,4-7,9H2,1-3H3,(H2,20,23)/t12-/m0/s1. The summed E-state index contributed by atoms with van der Waals surface area (Å²) >= 11 is 0. The Bertz CT molecular complexity index is 696. The highest BCUT2D eigenvalue weighted by Crippen LogP contribution is 2.43. The maximum atomic E-state index is 14.9. The number of nitrogens with one attached hydrogen (secondary N) is 1. The number of halogens is 1. The fourth-order valence-corrected chi connectivity index (χ4v) is 3.82. The number of nitrogens with two attached hydrogens (primary N) is 1. The second kappa shape index (κ2) is 5.96. The molecule has 0 unspecified atom stereocenters. The molecule has 0 aromatic heterocycles. The highest BCUT2D eigenvalue weighted by molar-refractivity contribution is 5.99. The second-order valence-corrected chi connectivity index (χ2v) is 6.63. The third-order valence-corrected chi connectivity index (χ3v) is 5.23. The van der Waals surface area contributed by atoms with Gasteiger partial charge >= 0.3 is 0 Å². The molecular weight excluding hydrogens is 293 g/mol. The lowest BCUT2D eigenvalue weighted by Gasteiger charge is -2.36. The molecule has 1 aromatic carbocycles. The number of amides is 1. The molecule has 1 atom stereocenters. The Morgan fingerprint density at radius 3 is 2.83 bits per heavy atom.